The zero-order valence-corrected chi connectivity index (χ0v) is 28.2. The first kappa shape index (κ1) is 36.5. The first-order valence-electron chi connectivity index (χ1n) is 16.5. The van der Waals surface area contributed by atoms with Crippen molar-refractivity contribution in [1.82, 2.24) is 31.2 Å². The second-order valence-corrected chi connectivity index (χ2v) is 12.4. The minimum atomic E-state index is -1.06. The number of urea groups is 1. The highest BCUT2D eigenvalue weighted by Gasteiger charge is 2.31. The van der Waals surface area contributed by atoms with Crippen molar-refractivity contribution in [2.24, 2.45) is 5.92 Å². The van der Waals surface area contributed by atoms with Crippen LogP contribution in [0, 0.1) is 12.8 Å². The molecule has 2 heterocycles. The van der Waals surface area contributed by atoms with E-state index in [-0.39, 0.29) is 25.5 Å². The Hall–Kier alpha value is -5.29. The molecule has 0 fully saturated rings. The minimum Gasteiger partial charge on any atom is -0.445 e. The van der Waals surface area contributed by atoms with Gasteiger partial charge in [0.25, 0.3) is 0 Å². The fourth-order valence-electron chi connectivity index (χ4n) is 5.32. The molecule has 0 bridgehead atoms. The van der Waals surface area contributed by atoms with E-state index in [0.717, 1.165) is 27.9 Å². The molecular formula is C38H46N6O5. The lowest BCUT2D eigenvalue weighted by molar-refractivity contribution is -0.125. The lowest BCUT2D eigenvalue weighted by atomic mass is 9.93. The highest BCUT2D eigenvalue weighted by molar-refractivity contribution is 5.87. The van der Waals surface area contributed by atoms with Gasteiger partial charge in [-0.2, -0.15) is 0 Å². The summed E-state index contributed by atoms with van der Waals surface area (Å²) in [6.45, 7) is 5.87. The van der Waals surface area contributed by atoms with Crippen molar-refractivity contribution in [3.63, 3.8) is 0 Å². The van der Waals surface area contributed by atoms with E-state index < -0.39 is 42.3 Å². The molecule has 2 aromatic heterocycles. The van der Waals surface area contributed by atoms with E-state index in [0.29, 0.717) is 12.8 Å². The Bertz CT molecular complexity index is 1590. The molecule has 0 saturated heterocycles. The average Bonchev–Trinajstić information content (AvgIpc) is 3.10. The quantitative estimate of drug-likeness (QED) is 0.117. The van der Waals surface area contributed by atoms with Crippen molar-refractivity contribution in [2.75, 3.05) is 0 Å². The number of alkyl carbamates (subject to hydrolysis) is 1. The van der Waals surface area contributed by atoms with Crippen LogP contribution in [-0.2, 0) is 35.5 Å². The van der Waals surface area contributed by atoms with Crippen LogP contribution in [0.25, 0.3) is 0 Å². The molecule has 0 radical (unpaired) electrons. The molecule has 0 aliphatic rings. The van der Waals surface area contributed by atoms with Crippen LogP contribution in [0.1, 0.15) is 48.2 Å². The van der Waals surface area contributed by atoms with Gasteiger partial charge >= 0.3 is 12.1 Å². The third kappa shape index (κ3) is 12.7. The third-order valence-corrected chi connectivity index (χ3v) is 8.02. The van der Waals surface area contributed by atoms with Crippen molar-refractivity contribution in [3.05, 3.63) is 131 Å². The van der Waals surface area contributed by atoms with Crippen LogP contribution in [0.5, 0.6) is 0 Å². The first-order valence-corrected chi connectivity index (χ1v) is 16.5. The van der Waals surface area contributed by atoms with Gasteiger partial charge in [0.05, 0.1) is 12.1 Å². The number of nitrogens with one attached hydrogen (secondary N) is 4. The number of rotatable bonds is 16. The summed E-state index contributed by atoms with van der Waals surface area (Å²) in [6, 6.07) is 23.9. The zero-order chi connectivity index (χ0) is 35.0. The highest BCUT2D eigenvalue weighted by Crippen LogP contribution is 2.15. The molecule has 0 saturated carbocycles. The summed E-state index contributed by atoms with van der Waals surface area (Å²) in [5.41, 5.74) is 4.33. The minimum absolute atomic E-state index is 0.0477. The normalized spacial score (nSPS) is 13.4. The molecule has 49 heavy (non-hydrogen) atoms. The van der Waals surface area contributed by atoms with E-state index in [1.54, 1.807) is 24.7 Å². The van der Waals surface area contributed by atoms with Gasteiger partial charge in [-0.3, -0.25) is 14.8 Å². The number of ether oxygens (including phenoxy) is 1. The number of aliphatic hydroxyl groups excluding tert-OH is 1. The van der Waals surface area contributed by atoms with E-state index in [9.17, 15) is 19.5 Å². The summed E-state index contributed by atoms with van der Waals surface area (Å²) >= 11 is 0. The predicted octanol–water partition coefficient (Wildman–Crippen LogP) is 4.63. The monoisotopic (exact) mass is 666 g/mol. The van der Waals surface area contributed by atoms with E-state index in [1.165, 1.54) is 0 Å². The molecular weight excluding hydrogens is 620 g/mol. The van der Waals surface area contributed by atoms with Gasteiger partial charge in [0.2, 0.25) is 5.91 Å². The van der Waals surface area contributed by atoms with Crippen LogP contribution in [0.2, 0.25) is 0 Å². The Labute approximate surface area is 287 Å². The van der Waals surface area contributed by atoms with Crippen LogP contribution in [0.15, 0.2) is 104 Å². The molecule has 5 N–H and O–H groups in total. The summed E-state index contributed by atoms with van der Waals surface area (Å²) in [6.07, 6.45) is 4.15. The largest absolute Gasteiger partial charge is 0.445 e. The van der Waals surface area contributed by atoms with Gasteiger partial charge in [-0.15, -0.1) is 0 Å². The maximum absolute atomic E-state index is 13.7. The summed E-state index contributed by atoms with van der Waals surface area (Å²) in [4.78, 5) is 47.8. The molecule has 0 spiro atoms. The molecule has 0 aliphatic carbocycles. The fraction of sp³-hybridized carbons (Fsp3) is 0.342. The van der Waals surface area contributed by atoms with E-state index in [1.807, 2.05) is 99.6 Å². The number of nitrogens with zero attached hydrogens (tertiary/aromatic N) is 2. The van der Waals surface area contributed by atoms with E-state index in [2.05, 4.69) is 31.2 Å². The number of aryl methyl sites for hydroxylation is 1. The van der Waals surface area contributed by atoms with Gasteiger partial charge in [-0.25, -0.2) is 9.59 Å². The Kier molecular flexibility index (Phi) is 14.1. The summed E-state index contributed by atoms with van der Waals surface area (Å²) in [5.74, 6) is -0.672. The molecule has 4 aromatic rings. The number of hydrogen-bond acceptors (Lipinski definition) is 7. The van der Waals surface area contributed by atoms with Crippen LogP contribution in [0.4, 0.5) is 9.59 Å². The van der Waals surface area contributed by atoms with E-state index >= 15 is 0 Å². The van der Waals surface area contributed by atoms with Gasteiger partial charge in [0.15, 0.2) is 0 Å². The summed E-state index contributed by atoms with van der Waals surface area (Å²) in [5, 5.41) is 23.2. The van der Waals surface area contributed by atoms with Gasteiger partial charge < -0.3 is 31.1 Å². The predicted molar refractivity (Wildman–Crippen MR) is 187 cm³/mol. The molecule has 4 atom stereocenters. The number of aromatic nitrogens is 2. The Balaban J connectivity index is 1.45. The van der Waals surface area contributed by atoms with Gasteiger partial charge in [-0.05, 0) is 60.9 Å². The molecule has 4 rings (SSSR count). The van der Waals surface area contributed by atoms with Gasteiger partial charge in [0.1, 0.15) is 12.6 Å². The Morgan fingerprint density at radius 3 is 2.06 bits per heavy atom. The second kappa shape index (κ2) is 18.9. The van der Waals surface area contributed by atoms with Crippen molar-refractivity contribution < 1.29 is 24.2 Å². The number of pyridine rings is 2. The smallest absolute Gasteiger partial charge is 0.407 e. The van der Waals surface area contributed by atoms with Crippen LogP contribution in [-0.4, -0.2) is 57.3 Å². The third-order valence-electron chi connectivity index (χ3n) is 8.02. The number of carbonyl (C=O) groups excluding carboxylic acids is 3. The molecule has 0 aliphatic heterocycles. The molecule has 258 valence electrons. The van der Waals surface area contributed by atoms with Crippen molar-refractivity contribution in [3.8, 4) is 0 Å². The first-order chi connectivity index (χ1) is 23.7. The maximum Gasteiger partial charge on any atom is 0.407 e. The van der Waals surface area contributed by atoms with Crippen LogP contribution < -0.4 is 21.3 Å². The van der Waals surface area contributed by atoms with Crippen molar-refractivity contribution >= 4 is 18.0 Å². The van der Waals surface area contributed by atoms with Gasteiger partial charge in [-0.1, -0.05) is 86.6 Å². The second-order valence-electron chi connectivity index (χ2n) is 12.4. The summed E-state index contributed by atoms with van der Waals surface area (Å²) in [7, 11) is 0. The number of benzene rings is 2. The standard InChI is InChI=1S/C38H46N6O5/c1-26(2)35(44-37(47)41-24-30-17-16-27(3)40-23-30)36(46)43-33(20-29-13-8-5-9-14-29)34(45)21-32(19-28-11-6-4-7-12-28)42-38(48)49-25-31-15-10-18-39-22-31/h4-18,22-23,26,32-35,45H,19-21,24-25H2,1-3H3,(H,42,48)(H,43,46)(H2,41,44,47)/t32-,33-,34-,35?/m0/s1. The van der Waals surface area contributed by atoms with Gasteiger partial charge in [0, 0.05) is 42.4 Å². The van der Waals surface area contributed by atoms with Crippen molar-refractivity contribution in [2.45, 2.75) is 77.4 Å². The average molecular weight is 667 g/mol. The topological polar surface area (TPSA) is 155 Å². The van der Waals surface area contributed by atoms with Crippen LogP contribution >= 0.6 is 0 Å². The number of aliphatic hydroxyl groups is 1. The molecule has 1 unspecified atom stereocenters. The number of hydrogen-bond donors (Lipinski definition) is 5. The number of carbonyl (C=O) groups is 3. The molecule has 11 nitrogen and oxygen atoms in total. The lowest BCUT2D eigenvalue weighted by Crippen LogP contribution is -2.57. The lowest BCUT2D eigenvalue weighted by Gasteiger charge is -2.30. The van der Waals surface area contributed by atoms with E-state index in [4.69, 9.17) is 4.74 Å². The van der Waals surface area contributed by atoms with Crippen molar-refractivity contribution in [1.29, 1.82) is 0 Å². The Morgan fingerprint density at radius 2 is 1.45 bits per heavy atom. The zero-order valence-electron chi connectivity index (χ0n) is 28.2. The molecule has 4 amide bonds. The maximum atomic E-state index is 13.7. The van der Waals surface area contributed by atoms with Crippen LogP contribution in [0.3, 0.4) is 0 Å². The summed E-state index contributed by atoms with van der Waals surface area (Å²) < 4.78 is 5.46. The molecule has 2 aromatic carbocycles. The number of amides is 4. The SMILES string of the molecule is Cc1ccc(CNC(=O)NC(C(=O)N[C@@H](Cc2ccccc2)[C@@H](O)C[C@H](Cc2ccccc2)NC(=O)OCc2cccnc2)C(C)C)cn1. The highest BCUT2D eigenvalue weighted by atomic mass is 16.5. The molecule has 11 heteroatoms. The fourth-order valence-corrected chi connectivity index (χ4v) is 5.32. The Morgan fingerprint density at radius 1 is 0.776 bits per heavy atom.